The summed E-state index contributed by atoms with van der Waals surface area (Å²) >= 11 is 0. The van der Waals surface area contributed by atoms with Gasteiger partial charge in [0.05, 0.1) is 11.4 Å². The molecule has 0 aliphatic rings. The van der Waals surface area contributed by atoms with E-state index in [4.69, 9.17) is 0 Å². The maximum Gasteiger partial charge on any atom is 0.0721 e. The minimum atomic E-state index is 0.445. The molecule has 0 fully saturated rings. The van der Waals surface area contributed by atoms with Crippen LogP contribution in [0, 0.1) is 5.92 Å². The molecular weight excluding hydrogens is 248 g/mol. The normalized spacial score (nSPS) is 11.5. The Morgan fingerprint density at radius 2 is 2.00 bits per heavy atom. The van der Waals surface area contributed by atoms with Crippen LogP contribution in [0.5, 0.6) is 0 Å². The number of nitrogens with zero attached hydrogens (tertiary/aromatic N) is 3. The maximum atomic E-state index is 4.64. The van der Waals surface area contributed by atoms with Crippen LogP contribution in [0.4, 0.5) is 0 Å². The van der Waals surface area contributed by atoms with E-state index in [0.29, 0.717) is 11.8 Å². The van der Waals surface area contributed by atoms with Gasteiger partial charge in [-0.15, -0.1) is 0 Å². The number of pyridine rings is 1. The first-order valence-electron chi connectivity index (χ1n) is 7.27. The van der Waals surface area contributed by atoms with E-state index in [1.807, 2.05) is 29.3 Å². The van der Waals surface area contributed by atoms with Crippen molar-refractivity contribution in [1.82, 2.24) is 20.1 Å². The fourth-order valence-electron chi connectivity index (χ4n) is 2.06. The lowest BCUT2D eigenvalue weighted by Crippen LogP contribution is -2.20. The molecule has 0 unspecified atom stereocenters. The number of nitrogens with one attached hydrogen (secondary N) is 1. The third kappa shape index (κ3) is 3.67. The predicted octanol–water partition coefficient (Wildman–Crippen LogP) is 3.14. The topological polar surface area (TPSA) is 42.7 Å². The molecule has 20 heavy (non-hydrogen) atoms. The average Bonchev–Trinajstić information content (AvgIpc) is 2.88. The van der Waals surface area contributed by atoms with Gasteiger partial charge in [0.1, 0.15) is 0 Å². The van der Waals surface area contributed by atoms with Crippen molar-refractivity contribution in [3.05, 3.63) is 42.0 Å². The van der Waals surface area contributed by atoms with Crippen LogP contribution in [-0.4, -0.2) is 21.3 Å². The summed E-state index contributed by atoms with van der Waals surface area (Å²) in [6.07, 6.45) is 5.76. The van der Waals surface area contributed by atoms with Crippen molar-refractivity contribution in [1.29, 1.82) is 0 Å². The minimum Gasteiger partial charge on any atom is -0.312 e. The summed E-state index contributed by atoms with van der Waals surface area (Å²) in [5, 5.41) is 8.10. The Balaban J connectivity index is 2.18. The number of hydrogen-bond donors (Lipinski definition) is 1. The molecule has 2 heterocycles. The highest BCUT2D eigenvalue weighted by Crippen LogP contribution is 2.16. The molecule has 108 valence electrons. The van der Waals surface area contributed by atoms with E-state index >= 15 is 0 Å². The van der Waals surface area contributed by atoms with Gasteiger partial charge < -0.3 is 5.32 Å². The smallest absolute Gasteiger partial charge is 0.0721 e. The molecular formula is C16H24N4. The second-order valence-electron chi connectivity index (χ2n) is 5.87. The van der Waals surface area contributed by atoms with Crippen LogP contribution in [0.3, 0.4) is 0 Å². The zero-order valence-corrected chi connectivity index (χ0v) is 12.8. The fraction of sp³-hybridized carbons (Fsp3) is 0.500. The summed E-state index contributed by atoms with van der Waals surface area (Å²) in [6.45, 7) is 10.6. The van der Waals surface area contributed by atoms with Crippen LogP contribution >= 0.6 is 0 Å². The van der Waals surface area contributed by atoms with Crippen molar-refractivity contribution in [2.45, 2.75) is 40.2 Å². The molecule has 0 aliphatic carbocycles. The quantitative estimate of drug-likeness (QED) is 0.878. The molecule has 2 aromatic rings. The van der Waals surface area contributed by atoms with Gasteiger partial charge in [0, 0.05) is 30.7 Å². The fourth-order valence-corrected chi connectivity index (χ4v) is 2.06. The largest absolute Gasteiger partial charge is 0.312 e. The van der Waals surface area contributed by atoms with Gasteiger partial charge in [0.25, 0.3) is 0 Å². The molecule has 4 heteroatoms. The lowest BCUT2D eigenvalue weighted by Gasteiger charge is -2.11. The van der Waals surface area contributed by atoms with Crippen molar-refractivity contribution in [3.63, 3.8) is 0 Å². The molecule has 1 N–H and O–H groups in total. The zero-order valence-electron chi connectivity index (χ0n) is 12.8. The lowest BCUT2D eigenvalue weighted by molar-refractivity contribution is 0.550. The predicted molar refractivity (Wildman–Crippen MR) is 82.0 cm³/mol. The first-order chi connectivity index (χ1) is 9.58. The molecule has 0 saturated carbocycles. The molecule has 0 radical (unpaired) electrons. The summed E-state index contributed by atoms with van der Waals surface area (Å²) in [4.78, 5) is 4.23. The Kier molecular flexibility index (Phi) is 4.90. The zero-order chi connectivity index (χ0) is 14.5. The van der Waals surface area contributed by atoms with Crippen LogP contribution in [0.15, 0.2) is 30.7 Å². The molecule has 0 saturated heterocycles. The van der Waals surface area contributed by atoms with Gasteiger partial charge in [-0.2, -0.15) is 5.10 Å². The van der Waals surface area contributed by atoms with Gasteiger partial charge in [-0.05, 0) is 30.5 Å². The van der Waals surface area contributed by atoms with E-state index in [9.17, 15) is 0 Å². The van der Waals surface area contributed by atoms with E-state index in [2.05, 4.69) is 49.2 Å². The Morgan fingerprint density at radius 3 is 2.65 bits per heavy atom. The molecule has 0 aliphatic heterocycles. The SMILES string of the molecule is CC(C)CNCc1cnccc1-n1ccc(C(C)C)n1. The average molecular weight is 272 g/mol. The van der Waals surface area contributed by atoms with E-state index in [1.54, 1.807) is 0 Å². The second-order valence-corrected chi connectivity index (χ2v) is 5.87. The van der Waals surface area contributed by atoms with Crippen LogP contribution in [0.1, 0.15) is 44.9 Å². The Bertz CT molecular complexity index is 543. The summed E-state index contributed by atoms with van der Waals surface area (Å²) in [5.74, 6) is 1.09. The van der Waals surface area contributed by atoms with Gasteiger partial charge in [-0.1, -0.05) is 27.7 Å². The number of hydrogen-bond acceptors (Lipinski definition) is 3. The van der Waals surface area contributed by atoms with Gasteiger partial charge in [0.15, 0.2) is 0 Å². The highest BCUT2D eigenvalue weighted by Gasteiger charge is 2.08. The molecule has 0 spiro atoms. The summed E-state index contributed by atoms with van der Waals surface area (Å²) in [5.41, 5.74) is 3.39. The van der Waals surface area contributed by atoms with Gasteiger partial charge in [-0.25, -0.2) is 4.68 Å². The summed E-state index contributed by atoms with van der Waals surface area (Å²) in [6, 6.07) is 4.10. The summed E-state index contributed by atoms with van der Waals surface area (Å²) < 4.78 is 1.95. The first-order valence-corrected chi connectivity index (χ1v) is 7.27. The van der Waals surface area contributed by atoms with Crippen molar-refractivity contribution >= 4 is 0 Å². The van der Waals surface area contributed by atoms with E-state index < -0.39 is 0 Å². The van der Waals surface area contributed by atoms with Gasteiger partial charge >= 0.3 is 0 Å². The van der Waals surface area contributed by atoms with Crippen LogP contribution in [0.2, 0.25) is 0 Å². The van der Waals surface area contributed by atoms with E-state index in [0.717, 1.165) is 24.5 Å². The Labute approximate surface area is 121 Å². The standard InChI is InChI=1S/C16H24N4/c1-12(2)9-18-11-14-10-17-7-5-16(14)20-8-6-15(19-20)13(3)4/h5-8,10,12-13,18H,9,11H2,1-4H3. The Morgan fingerprint density at radius 1 is 1.20 bits per heavy atom. The number of rotatable bonds is 6. The molecule has 0 bridgehead atoms. The second kappa shape index (κ2) is 6.66. The highest BCUT2D eigenvalue weighted by molar-refractivity contribution is 5.38. The molecule has 0 atom stereocenters. The third-order valence-electron chi connectivity index (χ3n) is 3.19. The maximum absolute atomic E-state index is 4.64. The molecule has 0 amide bonds. The van der Waals surface area contributed by atoms with Crippen LogP contribution in [-0.2, 0) is 6.54 Å². The van der Waals surface area contributed by atoms with Crippen molar-refractivity contribution in [2.24, 2.45) is 5.92 Å². The first kappa shape index (κ1) is 14.7. The molecule has 2 rings (SSSR count). The summed E-state index contributed by atoms with van der Waals surface area (Å²) in [7, 11) is 0. The van der Waals surface area contributed by atoms with Crippen molar-refractivity contribution in [2.75, 3.05) is 6.54 Å². The number of aromatic nitrogens is 3. The van der Waals surface area contributed by atoms with Gasteiger partial charge in [-0.3, -0.25) is 4.98 Å². The highest BCUT2D eigenvalue weighted by atomic mass is 15.3. The molecule has 4 nitrogen and oxygen atoms in total. The Hall–Kier alpha value is -1.68. The van der Waals surface area contributed by atoms with Gasteiger partial charge in [0.2, 0.25) is 0 Å². The van der Waals surface area contributed by atoms with Crippen molar-refractivity contribution in [3.8, 4) is 5.69 Å². The lowest BCUT2D eigenvalue weighted by atomic mass is 10.1. The monoisotopic (exact) mass is 272 g/mol. The van der Waals surface area contributed by atoms with Crippen molar-refractivity contribution < 1.29 is 0 Å². The van der Waals surface area contributed by atoms with Crippen LogP contribution < -0.4 is 5.32 Å². The van der Waals surface area contributed by atoms with E-state index in [1.165, 1.54) is 5.56 Å². The third-order valence-corrected chi connectivity index (χ3v) is 3.19. The van der Waals surface area contributed by atoms with Crippen LogP contribution in [0.25, 0.3) is 5.69 Å². The minimum absolute atomic E-state index is 0.445. The molecule has 0 aromatic carbocycles. The van der Waals surface area contributed by atoms with E-state index in [-0.39, 0.29) is 0 Å². The molecule has 2 aromatic heterocycles.